The van der Waals surface area contributed by atoms with E-state index in [4.69, 9.17) is 5.73 Å². The second-order valence-corrected chi connectivity index (χ2v) is 7.06. The van der Waals surface area contributed by atoms with E-state index in [1.807, 2.05) is 0 Å². The summed E-state index contributed by atoms with van der Waals surface area (Å²) in [5.41, 5.74) is 5.41. The van der Waals surface area contributed by atoms with Crippen LogP contribution in [0.2, 0.25) is 0 Å². The molecule has 1 aliphatic heterocycles. The minimum Gasteiger partial charge on any atom is -0.368 e. The molecule has 0 radical (unpaired) electrons. The van der Waals surface area contributed by atoms with E-state index < -0.39 is 5.54 Å². The van der Waals surface area contributed by atoms with Gasteiger partial charge in [0.2, 0.25) is 5.91 Å². The molecule has 1 heterocycles. The van der Waals surface area contributed by atoms with E-state index in [1.54, 1.807) is 0 Å². The van der Waals surface area contributed by atoms with Crippen LogP contribution in [0.15, 0.2) is 0 Å². The highest BCUT2D eigenvalue weighted by Crippen LogP contribution is 2.42. The predicted molar refractivity (Wildman–Crippen MR) is 80.3 cm³/mol. The summed E-state index contributed by atoms with van der Waals surface area (Å²) in [5.74, 6) is 0.354. The summed E-state index contributed by atoms with van der Waals surface area (Å²) in [4.78, 5) is 14.8. The van der Waals surface area contributed by atoms with Crippen LogP contribution in [-0.4, -0.2) is 41.5 Å². The van der Waals surface area contributed by atoms with Crippen molar-refractivity contribution < 1.29 is 4.79 Å². The molecule has 114 valence electrons. The lowest BCUT2D eigenvalue weighted by atomic mass is 9.88. The van der Waals surface area contributed by atoms with Crippen LogP contribution in [-0.2, 0) is 4.79 Å². The summed E-state index contributed by atoms with van der Waals surface area (Å²) in [7, 11) is 0. The highest BCUT2D eigenvalue weighted by Gasteiger charge is 2.53. The Morgan fingerprint density at radius 3 is 2.55 bits per heavy atom. The first-order chi connectivity index (χ1) is 9.65. The van der Waals surface area contributed by atoms with Gasteiger partial charge in [-0.25, -0.2) is 0 Å². The Kier molecular flexibility index (Phi) is 4.04. The van der Waals surface area contributed by atoms with Gasteiger partial charge < -0.3 is 5.73 Å². The van der Waals surface area contributed by atoms with Crippen LogP contribution in [0.25, 0.3) is 0 Å². The molecule has 3 aliphatic rings. The van der Waals surface area contributed by atoms with E-state index >= 15 is 0 Å². The lowest BCUT2D eigenvalue weighted by Crippen LogP contribution is -2.65. The highest BCUT2D eigenvalue weighted by atomic mass is 16.1. The molecule has 3 N–H and O–H groups in total. The first-order valence-corrected chi connectivity index (χ1v) is 8.47. The summed E-state index contributed by atoms with van der Waals surface area (Å²) in [6, 6.07) is 1.18. The first-order valence-electron chi connectivity index (χ1n) is 8.47. The standard InChI is InChI=1S/C16H29N3O/c1-2-14-5-3-4-10-19(14)11-16(15(17)20,12-6-7-12)18-13-8-9-13/h12-14,18H,2-11H2,1H3,(H2,17,20). The molecule has 0 aromatic carbocycles. The molecule has 0 aromatic rings. The summed E-state index contributed by atoms with van der Waals surface area (Å²) >= 11 is 0. The van der Waals surface area contributed by atoms with Crippen LogP contribution < -0.4 is 11.1 Å². The third-order valence-corrected chi connectivity index (χ3v) is 5.43. The molecule has 20 heavy (non-hydrogen) atoms. The number of likely N-dealkylation sites (tertiary alicyclic amines) is 1. The second kappa shape index (κ2) is 5.64. The summed E-state index contributed by atoms with van der Waals surface area (Å²) < 4.78 is 0. The minimum absolute atomic E-state index is 0.118. The highest BCUT2D eigenvalue weighted by molar-refractivity contribution is 5.86. The Morgan fingerprint density at radius 2 is 2.00 bits per heavy atom. The maximum absolute atomic E-state index is 12.3. The third-order valence-electron chi connectivity index (χ3n) is 5.43. The van der Waals surface area contributed by atoms with Gasteiger partial charge in [-0.1, -0.05) is 13.3 Å². The van der Waals surface area contributed by atoms with Gasteiger partial charge in [0, 0.05) is 18.6 Å². The first kappa shape index (κ1) is 14.3. The number of nitrogens with two attached hydrogens (primary N) is 1. The third kappa shape index (κ3) is 2.86. The molecule has 1 saturated heterocycles. The smallest absolute Gasteiger partial charge is 0.239 e. The van der Waals surface area contributed by atoms with Gasteiger partial charge in [-0.05, 0) is 57.4 Å². The number of primary amides is 1. The zero-order valence-electron chi connectivity index (χ0n) is 12.7. The summed E-state index contributed by atoms with van der Waals surface area (Å²) in [5, 5.41) is 3.64. The molecule has 2 aliphatic carbocycles. The van der Waals surface area contributed by atoms with Gasteiger partial charge in [0.15, 0.2) is 0 Å². The molecule has 0 spiro atoms. The maximum atomic E-state index is 12.3. The molecule has 2 atom stereocenters. The fourth-order valence-electron chi connectivity index (χ4n) is 3.86. The van der Waals surface area contributed by atoms with E-state index in [0.29, 0.717) is 18.0 Å². The number of amides is 1. The van der Waals surface area contributed by atoms with Crippen molar-refractivity contribution in [2.24, 2.45) is 11.7 Å². The van der Waals surface area contributed by atoms with Crippen LogP contribution in [0.3, 0.4) is 0 Å². The van der Waals surface area contributed by atoms with Gasteiger partial charge in [0.05, 0.1) is 0 Å². The van der Waals surface area contributed by atoms with Crippen molar-refractivity contribution in [3.63, 3.8) is 0 Å². The average Bonchev–Trinajstić information content (AvgIpc) is 3.30. The minimum atomic E-state index is -0.452. The van der Waals surface area contributed by atoms with E-state index in [2.05, 4.69) is 17.1 Å². The van der Waals surface area contributed by atoms with Gasteiger partial charge in [0.25, 0.3) is 0 Å². The Bertz CT molecular complexity index is 365. The fraction of sp³-hybridized carbons (Fsp3) is 0.938. The van der Waals surface area contributed by atoms with Gasteiger partial charge in [0.1, 0.15) is 5.54 Å². The molecule has 0 bridgehead atoms. The molecular formula is C16H29N3O. The van der Waals surface area contributed by atoms with Crippen molar-refractivity contribution in [3.05, 3.63) is 0 Å². The molecule has 2 unspecified atom stereocenters. The number of piperidine rings is 1. The van der Waals surface area contributed by atoms with Gasteiger partial charge >= 0.3 is 0 Å². The molecule has 4 nitrogen and oxygen atoms in total. The molecule has 0 aromatic heterocycles. The largest absolute Gasteiger partial charge is 0.368 e. The van der Waals surface area contributed by atoms with Crippen molar-refractivity contribution in [2.75, 3.05) is 13.1 Å². The lowest BCUT2D eigenvalue weighted by Gasteiger charge is -2.42. The van der Waals surface area contributed by atoms with Gasteiger partial charge in [-0.2, -0.15) is 0 Å². The van der Waals surface area contributed by atoms with Crippen molar-refractivity contribution in [3.8, 4) is 0 Å². The lowest BCUT2D eigenvalue weighted by molar-refractivity contribution is -0.127. The molecule has 3 rings (SSSR count). The number of hydrogen-bond donors (Lipinski definition) is 2. The Morgan fingerprint density at radius 1 is 1.25 bits per heavy atom. The summed E-state index contributed by atoms with van der Waals surface area (Å²) in [6.45, 7) is 4.23. The average molecular weight is 279 g/mol. The second-order valence-electron chi connectivity index (χ2n) is 7.06. The van der Waals surface area contributed by atoms with E-state index in [1.165, 1.54) is 38.5 Å². The van der Waals surface area contributed by atoms with Crippen LogP contribution in [0.4, 0.5) is 0 Å². The van der Waals surface area contributed by atoms with E-state index in [9.17, 15) is 4.79 Å². The monoisotopic (exact) mass is 279 g/mol. The van der Waals surface area contributed by atoms with Crippen LogP contribution >= 0.6 is 0 Å². The van der Waals surface area contributed by atoms with Crippen molar-refractivity contribution in [2.45, 2.75) is 75.9 Å². The SMILES string of the molecule is CCC1CCCCN1CC(NC1CC1)(C(N)=O)C1CC1. The van der Waals surface area contributed by atoms with Crippen molar-refractivity contribution in [1.82, 2.24) is 10.2 Å². The Balaban J connectivity index is 1.75. The van der Waals surface area contributed by atoms with E-state index in [0.717, 1.165) is 25.9 Å². The van der Waals surface area contributed by atoms with Crippen molar-refractivity contribution >= 4 is 5.91 Å². The number of rotatable bonds is 7. The Hall–Kier alpha value is -0.610. The van der Waals surface area contributed by atoms with E-state index in [-0.39, 0.29) is 5.91 Å². The van der Waals surface area contributed by atoms with Gasteiger partial charge in [-0.3, -0.25) is 15.0 Å². The van der Waals surface area contributed by atoms with Gasteiger partial charge in [-0.15, -0.1) is 0 Å². The van der Waals surface area contributed by atoms with Crippen molar-refractivity contribution in [1.29, 1.82) is 0 Å². The number of nitrogens with one attached hydrogen (secondary N) is 1. The Labute approximate surface area is 122 Å². The fourth-order valence-corrected chi connectivity index (χ4v) is 3.86. The molecule has 1 amide bonds. The topological polar surface area (TPSA) is 58.4 Å². The predicted octanol–water partition coefficient (Wildman–Crippen LogP) is 1.64. The summed E-state index contributed by atoms with van der Waals surface area (Å²) in [6.07, 6.45) is 9.79. The molecule has 2 saturated carbocycles. The molecular weight excluding hydrogens is 250 g/mol. The number of carbonyl (C=O) groups excluding carboxylic acids is 1. The number of hydrogen-bond acceptors (Lipinski definition) is 3. The van der Waals surface area contributed by atoms with Crippen LogP contribution in [0, 0.1) is 5.92 Å². The molecule has 4 heteroatoms. The number of carbonyl (C=O) groups is 1. The van der Waals surface area contributed by atoms with Crippen LogP contribution in [0.1, 0.15) is 58.3 Å². The normalized spacial score (nSPS) is 30.9. The zero-order chi connectivity index (χ0) is 14.2. The quantitative estimate of drug-likeness (QED) is 0.745. The number of nitrogens with zero attached hydrogens (tertiary/aromatic N) is 1. The maximum Gasteiger partial charge on any atom is 0.239 e. The molecule has 3 fully saturated rings. The van der Waals surface area contributed by atoms with Crippen LogP contribution in [0.5, 0.6) is 0 Å². The zero-order valence-corrected chi connectivity index (χ0v) is 12.7.